The van der Waals surface area contributed by atoms with Crippen molar-refractivity contribution in [3.8, 4) is 0 Å². The van der Waals surface area contributed by atoms with Gasteiger partial charge in [0.2, 0.25) is 0 Å². The molecule has 0 aromatic heterocycles. The zero-order chi connectivity index (χ0) is 11.1. The molecule has 4 heteroatoms. The molecule has 0 aromatic rings. The van der Waals surface area contributed by atoms with Crippen molar-refractivity contribution in [3.05, 3.63) is 0 Å². The molecule has 0 saturated carbocycles. The third kappa shape index (κ3) is 5.76. The van der Waals surface area contributed by atoms with E-state index in [9.17, 15) is 0 Å². The van der Waals surface area contributed by atoms with Crippen LogP contribution in [0.1, 0.15) is 6.42 Å². The lowest BCUT2D eigenvalue weighted by molar-refractivity contribution is 0.119. The second kappa shape index (κ2) is 7.49. The lowest BCUT2D eigenvalue weighted by Gasteiger charge is -2.20. The zero-order valence-electron chi connectivity index (χ0n) is 9.98. The molecule has 1 saturated heterocycles. The molecule has 0 spiro atoms. The Morgan fingerprint density at radius 2 is 2.27 bits per heavy atom. The van der Waals surface area contributed by atoms with Crippen LogP contribution in [0.15, 0.2) is 0 Å². The van der Waals surface area contributed by atoms with E-state index in [1.54, 1.807) is 0 Å². The van der Waals surface area contributed by atoms with Gasteiger partial charge in [-0.2, -0.15) is 12.6 Å². The molecule has 1 atom stereocenters. The Balaban J connectivity index is 2.00. The van der Waals surface area contributed by atoms with Gasteiger partial charge in [-0.15, -0.1) is 0 Å². The minimum Gasteiger partial charge on any atom is -0.379 e. The first-order valence-corrected chi connectivity index (χ1v) is 6.41. The summed E-state index contributed by atoms with van der Waals surface area (Å²) in [5, 5.41) is 0. The highest BCUT2D eigenvalue weighted by Gasteiger charge is 2.20. The number of likely N-dealkylation sites (N-methyl/N-ethyl adjacent to an activating group) is 1. The van der Waals surface area contributed by atoms with E-state index in [4.69, 9.17) is 4.74 Å². The number of rotatable bonds is 7. The lowest BCUT2D eigenvalue weighted by Crippen LogP contribution is -2.30. The molecule has 1 heterocycles. The molecule has 1 unspecified atom stereocenters. The van der Waals surface area contributed by atoms with Gasteiger partial charge in [-0.25, -0.2) is 0 Å². The molecule has 90 valence electrons. The second-order valence-electron chi connectivity index (χ2n) is 4.52. The molecule has 0 amide bonds. The van der Waals surface area contributed by atoms with E-state index < -0.39 is 0 Å². The summed E-state index contributed by atoms with van der Waals surface area (Å²) in [7, 11) is 4.39. The summed E-state index contributed by atoms with van der Waals surface area (Å²) in [6, 6.07) is 0. The summed E-state index contributed by atoms with van der Waals surface area (Å²) in [4.78, 5) is 4.79. The molecule has 0 N–H and O–H groups in total. The van der Waals surface area contributed by atoms with E-state index in [1.165, 1.54) is 26.1 Å². The van der Waals surface area contributed by atoms with Gasteiger partial charge >= 0.3 is 0 Å². The van der Waals surface area contributed by atoms with Crippen LogP contribution in [-0.4, -0.2) is 69.0 Å². The molecule has 0 aliphatic carbocycles. The highest BCUT2D eigenvalue weighted by molar-refractivity contribution is 7.80. The van der Waals surface area contributed by atoms with E-state index in [1.807, 2.05) is 0 Å². The molecule has 0 aromatic carbocycles. The Kier molecular flexibility index (Phi) is 6.64. The van der Waals surface area contributed by atoms with Crippen LogP contribution in [0.2, 0.25) is 0 Å². The van der Waals surface area contributed by atoms with Crippen LogP contribution in [0.3, 0.4) is 0 Å². The number of likely N-dealkylation sites (tertiary alicyclic amines) is 1. The lowest BCUT2D eigenvalue weighted by atomic mass is 10.1. The molecule has 1 aliphatic heterocycles. The molecule has 1 fully saturated rings. The summed E-state index contributed by atoms with van der Waals surface area (Å²) >= 11 is 4.11. The fourth-order valence-corrected chi connectivity index (χ4v) is 2.22. The average molecular weight is 232 g/mol. The van der Waals surface area contributed by atoms with Crippen molar-refractivity contribution in [2.24, 2.45) is 5.92 Å². The van der Waals surface area contributed by atoms with Gasteiger partial charge in [0.1, 0.15) is 0 Å². The summed E-state index contributed by atoms with van der Waals surface area (Å²) in [6.45, 7) is 6.35. The third-order valence-electron chi connectivity index (χ3n) is 2.91. The highest BCUT2D eigenvalue weighted by atomic mass is 32.1. The SMILES string of the molecule is CN(CCOCCS)CC1CCN(C)C1. The van der Waals surface area contributed by atoms with Crippen LogP contribution in [-0.2, 0) is 4.74 Å². The van der Waals surface area contributed by atoms with E-state index in [-0.39, 0.29) is 0 Å². The van der Waals surface area contributed by atoms with Crippen molar-refractivity contribution in [3.63, 3.8) is 0 Å². The molecular formula is C11H24N2OS. The fraction of sp³-hybridized carbons (Fsp3) is 1.00. The van der Waals surface area contributed by atoms with Crippen molar-refractivity contribution < 1.29 is 4.74 Å². The van der Waals surface area contributed by atoms with Gasteiger partial charge in [0.25, 0.3) is 0 Å². The van der Waals surface area contributed by atoms with Crippen LogP contribution in [0, 0.1) is 5.92 Å². The first kappa shape index (κ1) is 13.3. The number of nitrogens with zero attached hydrogens (tertiary/aromatic N) is 2. The van der Waals surface area contributed by atoms with Gasteiger partial charge in [0, 0.05) is 25.4 Å². The van der Waals surface area contributed by atoms with Crippen LogP contribution >= 0.6 is 12.6 Å². The number of ether oxygens (including phenoxy) is 1. The largest absolute Gasteiger partial charge is 0.379 e. The molecule has 3 nitrogen and oxygen atoms in total. The first-order valence-electron chi connectivity index (χ1n) is 5.78. The minimum atomic E-state index is 0.767. The predicted octanol–water partition coefficient (Wildman–Crippen LogP) is 0.816. The van der Waals surface area contributed by atoms with Crippen LogP contribution in [0.25, 0.3) is 0 Å². The Labute approximate surface area is 99.2 Å². The number of hydrogen-bond acceptors (Lipinski definition) is 4. The summed E-state index contributed by atoms with van der Waals surface area (Å²) in [5.74, 6) is 1.67. The number of hydrogen-bond donors (Lipinski definition) is 1. The topological polar surface area (TPSA) is 15.7 Å². The van der Waals surface area contributed by atoms with Gasteiger partial charge in [-0.05, 0) is 33.0 Å². The Bertz CT molecular complexity index is 169. The van der Waals surface area contributed by atoms with Crippen molar-refractivity contribution in [2.45, 2.75) is 6.42 Å². The smallest absolute Gasteiger partial charge is 0.0593 e. The van der Waals surface area contributed by atoms with Crippen molar-refractivity contribution in [2.75, 3.05) is 59.2 Å². The molecule has 15 heavy (non-hydrogen) atoms. The van der Waals surface area contributed by atoms with Crippen molar-refractivity contribution in [1.82, 2.24) is 9.80 Å². The van der Waals surface area contributed by atoms with Crippen LogP contribution in [0.4, 0.5) is 0 Å². The minimum absolute atomic E-state index is 0.767. The zero-order valence-corrected chi connectivity index (χ0v) is 10.9. The maximum atomic E-state index is 5.41. The van der Waals surface area contributed by atoms with Crippen LogP contribution in [0.5, 0.6) is 0 Å². The van der Waals surface area contributed by atoms with Crippen molar-refractivity contribution in [1.29, 1.82) is 0 Å². The van der Waals surface area contributed by atoms with E-state index in [0.717, 1.165) is 31.4 Å². The molecular weight excluding hydrogens is 208 g/mol. The maximum Gasteiger partial charge on any atom is 0.0593 e. The average Bonchev–Trinajstić information content (AvgIpc) is 2.59. The van der Waals surface area contributed by atoms with Gasteiger partial charge in [-0.3, -0.25) is 0 Å². The summed E-state index contributed by atoms with van der Waals surface area (Å²) < 4.78 is 5.41. The standard InChI is InChI=1S/C11H24N2OS/c1-12-4-3-11(9-12)10-13(2)5-6-14-7-8-15/h11,15H,3-10H2,1-2H3. The van der Waals surface area contributed by atoms with E-state index >= 15 is 0 Å². The second-order valence-corrected chi connectivity index (χ2v) is 4.96. The molecule has 1 aliphatic rings. The normalized spacial score (nSPS) is 22.8. The maximum absolute atomic E-state index is 5.41. The van der Waals surface area contributed by atoms with Gasteiger partial charge in [0.05, 0.1) is 13.2 Å². The Hall–Kier alpha value is 0.230. The third-order valence-corrected chi connectivity index (χ3v) is 3.09. The first-order chi connectivity index (χ1) is 7.22. The summed E-state index contributed by atoms with van der Waals surface area (Å²) in [5.41, 5.74) is 0. The Morgan fingerprint density at radius 1 is 1.47 bits per heavy atom. The Morgan fingerprint density at radius 3 is 2.87 bits per heavy atom. The molecule has 0 radical (unpaired) electrons. The van der Waals surface area contributed by atoms with Gasteiger partial charge < -0.3 is 14.5 Å². The quantitative estimate of drug-likeness (QED) is 0.517. The van der Waals surface area contributed by atoms with Gasteiger partial charge in [0.15, 0.2) is 0 Å². The predicted molar refractivity (Wildman–Crippen MR) is 67.8 cm³/mol. The van der Waals surface area contributed by atoms with Crippen LogP contribution < -0.4 is 0 Å². The summed E-state index contributed by atoms with van der Waals surface area (Å²) in [6.07, 6.45) is 1.35. The van der Waals surface area contributed by atoms with Gasteiger partial charge in [-0.1, -0.05) is 0 Å². The van der Waals surface area contributed by atoms with E-state index in [2.05, 4.69) is 36.5 Å². The molecule has 1 rings (SSSR count). The fourth-order valence-electron chi connectivity index (χ4n) is 2.09. The molecule has 0 bridgehead atoms. The highest BCUT2D eigenvalue weighted by Crippen LogP contribution is 2.14. The van der Waals surface area contributed by atoms with Crippen molar-refractivity contribution >= 4 is 12.6 Å². The van der Waals surface area contributed by atoms with E-state index in [0.29, 0.717) is 0 Å². The number of thiol groups is 1. The monoisotopic (exact) mass is 232 g/mol.